The maximum absolute atomic E-state index is 10.5. The fourth-order valence-electron chi connectivity index (χ4n) is 0.935. The van der Waals surface area contributed by atoms with Crippen LogP contribution in [0.5, 0.6) is 0 Å². The molecule has 0 unspecified atom stereocenters. The number of hydrogen-bond acceptors (Lipinski definition) is 4. The molecule has 0 saturated carbocycles. The molecule has 0 fully saturated rings. The molecule has 1 N–H and O–H groups in total. The van der Waals surface area contributed by atoms with Crippen molar-refractivity contribution in [2.75, 3.05) is 11.9 Å². The van der Waals surface area contributed by atoms with Crippen molar-refractivity contribution >= 4 is 23.2 Å². The molecule has 0 aliphatic heterocycles. The van der Waals surface area contributed by atoms with Gasteiger partial charge in [-0.2, -0.15) is 0 Å². The summed E-state index contributed by atoms with van der Waals surface area (Å²) in [6.07, 6.45) is 1.36. The molecule has 0 aliphatic rings. The number of nitro groups is 1. The first-order chi connectivity index (χ1) is 6.52. The molecule has 7 heteroatoms. The summed E-state index contributed by atoms with van der Waals surface area (Å²) in [5.41, 5.74) is 0. The Morgan fingerprint density at radius 1 is 1.93 bits per heavy atom. The number of halogens is 1. The monoisotopic (exact) mass is 216 g/mol. The lowest BCUT2D eigenvalue weighted by molar-refractivity contribution is -0.388. The third kappa shape index (κ3) is 2.23. The summed E-state index contributed by atoms with van der Waals surface area (Å²) in [6.45, 7) is 3.73. The van der Waals surface area contributed by atoms with Gasteiger partial charge in [-0.05, 0) is 9.91 Å². The van der Waals surface area contributed by atoms with Crippen LogP contribution in [0.4, 0.5) is 11.6 Å². The number of hydrogen-bond donors (Lipinski definition) is 1. The van der Waals surface area contributed by atoms with Gasteiger partial charge in [0.25, 0.3) is 0 Å². The average Bonchev–Trinajstić information content (AvgIpc) is 2.43. The lowest BCUT2D eigenvalue weighted by atomic mass is 10.5. The van der Waals surface area contributed by atoms with Gasteiger partial charge in [0.15, 0.2) is 0 Å². The van der Waals surface area contributed by atoms with E-state index in [-0.39, 0.29) is 12.4 Å². The maximum Gasteiger partial charge on any atom is 0.406 e. The lowest BCUT2D eigenvalue weighted by Gasteiger charge is -2.03. The van der Waals surface area contributed by atoms with Crippen LogP contribution in [0.2, 0.25) is 0 Å². The maximum atomic E-state index is 10.5. The zero-order valence-electron chi connectivity index (χ0n) is 7.53. The Morgan fingerprint density at radius 3 is 3.07 bits per heavy atom. The van der Waals surface area contributed by atoms with Gasteiger partial charge in [0.2, 0.25) is 12.1 Å². The third-order valence-corrected chi connectivity index (χ3v) is 1.67. The first-order valence-electron chi connectivity index (χ1n) is 3.75. The van der Waals surface area contributed by atoms with Crippen molar-refractivity contribution in [1.29, 1.82) is 0 Å². The summed E-state index contributed by atoms with van der Waals surface area (Å²) in [6, 6.07) is 0. The van der Waals surface area contributed by atoms with Crippen molar-refractivity contribution in [3.63, 3.8) is 0 Å². The SMILES string of the molecule is C=C(Cl)CNc1c([N+](=O)[O-])ncn1C. The van der Waals surface area contributed by atoms with E-state index in [1.165, 1.54) is 10.9 Å². The topological polar surface area (TPSA) is 73.0 Å². The molecule has 76 valence electrons. The van der Waals surface area contributed by atoms with Crippen LogP contribution in [0.3, 0.4) is 0 Å². The van der Waals surface area contributed by atoms with E-state index in [2.05, 4.69) is 16.9 Å². The highest BCUT2D eigenvalue weighted by molar-refractivity contribution is 6.29. The largest absolute Gasteiger partial charge is 0.406 e. The summed E-state index contributed by atoms with van der Waals surface area (Å²) in [4.78, 5) is 13.6. The molecule has 0 aliphatic carbocycles. The van der Waals surface area contributed by atoms with Crippen LogP contribution in [0.15, 0.2) is 17.9 Å². The Kier molecular flexibility index (Phi) is 3.08. The summed E-state index contributed by atoms with van der Waals surface area (Å²) >= 11 is 5.52. The summed E-state index contributed by atoms with van der Waals surface area (Å²) in [5.74, 6) is 0.0993. The van der Waals surface area contributed by atoms with E-state index in [0.717, 1.165) is 0 Å². The third-order valence-electron chi connectivity index (χ3n) is 1.54. The van der Waals surface area contributed by atoms with Crippen molar-refractivity contribution in [2.45, 2.75) is 0 Å². The second kappa shape index (κ2) is 4.10. The molecule has 6 nitrogen and oxygen atoms in total. The zero-order valence-corrected chi connectivity index (χ0v) is 8.28. The predicted molar refractivity (Wildman–Crippen MR) is 53.3 cm³/mol. The quantitative estimate of drug-likeness (QED) is 0.611. The van der Waals surface area contributed by atoms with Crippen molar-refractivity contribution < 1.29 is 4.92 Å². The first kappa shape index (κ1) is 10.5. The number of imidazole rings is 1. The minimum Gasteiger partial charge on any atom is -0.359 e. The van der Waals surface area contributed by atoms with Crippen molar-refractivity contribution in [3.05, 3.63) is 28.1 Å². The van der Waals surface area contributed by atoms with Crippen LogP contribution in [0, 0.1) is 10.1 Å². The minimum absolute atomic E-state index is 0.217. The number of nitrogens with one attached hydrogen (secondary N) is 1. The summed E-state index contributed by atoms with van der Waals surface area (Å²) in [7, 11) is 1.65. The lowest BCUT2D eigenvalue weighted by Crippen LogP contribution is -2.06. The van der Waals surface area contributed by atoms with Gasteiger partial charge in [-0.1, -0.05) is 18.2 Å². The second-order valence-corrected chi connectivity index (χ2v) is 3.19. The molecule has 0 amide bonds. The molecule has 1 rings (SSSR count). The molecule has 1 aromatic rings. The number of anilines is 1. The van der Waals surface area contributed by atoms with Crippen LogP contribution in [-0.2, 0) is 7.05 Å². The number of nitrogens with zero attached hydrogens (tertiary/aromatic N) is 3. The summed E-state index contributed by atoms with van der Waals surface area (Å²) < 4.78 is 1.51. The van der Waals surface area contributed by atoms with E-state index < -0.39 is 4.92 Å². The minimum atomic E-state index is -0.556. The van der Waals surface area contributed by atoms with Crippen LogP contribution in [0.1, 0.15) is 0 Å². The van der Waals surface area contributed by atoms with Crippen LogP contribution < -0.4 is 5.32 Å². The van der Waals surface area contributed by atoms with Crippen LogP contribution >= 0.6 is 11.6 Å². The Labute approximate surface area is 85.3 Å². The fraction of sp³-hybridized carbons (Fsp3) is 0.286. The highest BCUT2D eigenvalue weighted by atomic mass is 35.5. The Balaban J connectivity index is 2.88. The van der Waals surface area contributed by atoms with Crippen molar-refractivity contribution in [2.24, 2.45) is 7.05 Å². The van der Waals surface area contributed by atoms with Crippen LogP contribution in [-0.4, -0.2) is 21.0 Å². The van der Waals surface area contributed by atoms with Gasteiger partial charge in [0.05, 0.1) is 6.54 Å². The molecule has 0 saturated heterocycles. The molecule has 0 radical (unpaired) electrons. The standard InChI is InChI=1S/C7H9ClN4O2/c1-5(8)3-9-6-7(12(13)14)10-4-11(6)2/h4,9H,1,3H2,2H3. The Hall–Kier alpha value is -1.56. The predicted octanol–water partition coefficient (Wildman–Crippen LogP) is 1.49. The van der Waals surface area contributed by atoms with Gasteiger partial charge in [-0.25, -0.2) is 0 Å². The first-order valence-corrected chi connectivity index (χ1v) is 4.13. The van der Waals surface area contributed by atoms with Gasteiger partial charge in [0.1, 0.15) is 0 Å². The van der Waals surface area contributed by atoms with Gasteiger partial charge >= 0.3 is 5.82 Å². The highest BCUT2D eigenvalue weighted by Crippen LogP contribution is 2.21. The van der Waals surface area contributed by atoms with Gasteiger partial charge in [-0.3, -0.25) is 4.57 Å². The molecule has 1 heterocycles. The van der Waals surface area contributed by atoms with E-state index in [1.807, 2.05) is 0 Å². The number of aromatic nitrogens is 2. The second-order valence-electron chi connectivity index (χ2n) is 2.66. The molecule has 1 aromatic heterocycles. The number of aryl methyl sites for hydroxylation is 1. The van der Waals surface area contributed by atoms with Crippen molar-refractivity contribution in [3.8, 4) is 0 Å². The number of rotatable bonds is 4. The van der Waals surface area contributed by atoms with E-state index in [1.54, 1.807) is 7.05 Å². The normalized spacial score (nSPS) is 9.86. The molecule has 0 aromatic carbocycles. The van der Waals surface area contributed by atoms with E-state index >= 15 is 0 Å². The Morgan fingerprint density at radius 2 is 2.57 bits per heavy atom. The molecular weight excluding hydrogens is 208 g/mol. The molecule has 0 atom stereocenters. The summed E-state index contributed by atoms with van der Waals surface area (Å²) in [5, 5.41) is 13.7. The van der Waals surface area contributed by atoms with Gasteiger partial charge < -0.3 is 15.4 Å². The molecule has 0 spiro atoms. The highest BCUT2D eigenvalue weighted by Gasteiger charge is 2.19. The smallest absolute Gasteiger partial charge is 0.359 e. The van der Waals surface area contributed by atoms with Gasteiger partial charge in [0, 0.05) is 12.1 Å². The van der Waals surface area contributed by atoms with E-state index in [4.69, 9.17) is 11.6 Å². The van der Waals surface area contributed by atoms with Crippen molar-refractivity contribution in [1.82, 2.24) is 9.55 Å². The fourth-order valence-corrected chi connectivity index (χ4v) is 1.00. The molecule has 14 heavy (non-hydrogen) atoms. The average molecular weight is 217 g/mol. The van der Waals surface area contributed by atoms with E-state index in [9.17, 15) is 10.1 Å². The zero-order chi connectivity index (χ0) is 10.7. The Bertz CT molecular complexity index is 374. The molecular formula is C7H9ClN4O2. The van der Waals surface area contributed by atoms with E-state index in [0.29, 0.717) is 10.9 Å². The van der Waals surface area contributed by atoms with Gasteiger partial charge in [-0.15, -0.1) is 0 Å². The molecule has 0 bridgehead atoms. The van der Waals surface area contributed by atoms with Crippen LogP contribution in [0.25, 0.3) is 0 Å².